The van der Waals surface area contributed by atoms with Crippen molar-refractivity contribution in [3.63, 3.8) is 0 Å². The Labute approximate surface area is 120 Å². The van der Waals surface area contributed by atoms with Gasteiger partial charge in [0.15, 0.2) is 0 Å². The first-order valence-corrected chi connectivity index (χ1v) is 6.55. The lowest BCUT2D eigenvalue weighted by atomic mass is 9.88. The summed E-state index contributed by atoms with van der Waals surface area (Å²) in [4.78, 5) is 27.2. The first-order valence-electron chi connectivity index (χ1n) is 6.17. The zero-order valence-electron chi connectivity index (χ0n) is 10.9. The van der Waals surface area contributed by atoms with E-state index in [1.165, 1.54) is 6.07 Å². The van der Waals surface area contributed by atoms with E-state index in [2.05, 4.69) is 4.98 Å². The average Bonchev–Trinajstić information content (AvgIpc) is 2.39. The molecule has 1 aromatic rings. The van der Waals surface area contributed by atoms with Gasteiger partial charge in [-0.15, -0.1) is 0 Å². The minimum atomic E-state index is -1.09. The van der Waals surface area contributed by atoms with Crippen LogP contribution < -0.4 is 4.90 Å². The lowest BCUT2D eigenvalue weighted by molar-refractivity contribution is -0.385. The zero-order chi connectivity index (χ0) is 14.9. The van der Waals surface area contributed by atoms with Gasteiger partial charge in [-0.3, -0.25) is 10.1 Å². The normalized spacial score (nSPS) is 22.6. The zero-order valence-corrected chi connectivity index (χ0v) is 11.6. The number of hydrogen-bond acceptors (Lipinski definition) is 5. The summed E-state index contributed by atoms with van der Waals surface area (Å²) in [5.41, 5.74) is -1.31. The van der Waals surface area contributed by atoms with Crippen LogP contribution in [-0.4, -0.2) is 33.1 Å². The maximum Gasteiger partial charge on any atom is 0.329 e. The van der Waals surface area contributed by atoms with Gasteiger partial charge in [-0.2, -0.15) is 0 Å². The van der Waals surface area contributed by atoms with E-state index in [9.17, 15) is 20.0 Å². The minimum absolute atomic E-state index is 0.0913. The third-order valence-corrected chi connectivity index (χ3v) is 3.90. The summed E-state index contributed by atoms with van der Waals surface area (Å²) in [5.74, 6) is -0.671. The van der Waals surface area contributed by atoms with Crippen LogP contribution in [0.25, 0.3) is 0 Å². The summed E-state index contributed by atoms with van der Waals surface area (Å²) < 4.78 is 0. The molecule has 1 aliphatic heterocycles. The van der Waals surface area contributed by atoms with Gasteiger partial charge in [0.2, 0.25) is 0 Å². The van der Waals surface area contributed by atoms with Gasteiger partial charge in [-0.05, 0) is 26.2 Å². The molecular formula is C12H14ClN3O4. The highest BCUT2D eigenvalue weighted by Crippen LogP contribution is 2.36. The number of halogens is 1. The summed E-state index contributed by atoms with van der Waals surface area (Å²) in [7, 11) is 0. The number of anilines is 1. The van der Waals surface area contributed by atoms with Gasteiger partial charge >= 0.3 is 5.97 Å². The van der Waals surface area contributed by atoms with Crippen LogP contribution in [0.3, 0.4) is 0 Å². The van der Waals surface area contributed by atoms with Crippen LogP contribution in [0.5, 0.6) is 0 Å². The molecule has 1 aromatic heterocycles. The van der Waals surface area contributed by atoms with Crippen LogP contribution in [0.4, 0.5) is 11.5 Å². The number of carboxylic acid groups (broad SMARTS) is 1. The lowest BCUT2D eigenvalue weighted by Crippen LogP contribution is -2.55. The maximum atomic E-state index is 11.5. The SMILES string of the molecule is CC1(C(=O)O)CCCCN1c1ncc([N+](=O)[O-])cc1Cl. The quantitative estimate of drug-likeness (QED) is 0.680. The molecule has 8 heteroatoms. The number of rotatable bonds is 3. The molecule has 1 N–H and O–H groups in total. The second-order valence-corrected chi connectivity index (χ2v) is 5.35. The van der Waals surface area contributed by atoms with Crippen LogP contribution in [0.2, 0.25) is 5.02 Å². The Morgan fingerprint density at radius 1 is 1.60 bits per heavy atom. The molecule has 1 unspecified atom stereocenters. The van der Waals surface area contributed by atoms with Gasteiger partial charge in [-0.25, -0.2) is 9.78 Å². The van der Waals surface area contributed by atoms with Gasteiger partial charge < -0.3 is 10.0 Å². The van der Waals surface area contributed by atoms with Crippen LogP contribution >= 0.6 is 11.6 Å². The highest BCUT2D eigenvalue weighted by molar-refractivity contribution is 6.33. The number of hydrogen-bond donors (Lipinski definition) is 1. The Kier molecular flexibility index (Phi) is 3.80. The van der Waals surface area contributed by atoms with Crippen molar-refractivity contribution >= 4 is 29.1 Å². The molecule has 1 fully saturated rings. The fourth-order valence-corrected chi connectivity index (χ4v) is 2.66. The molecule has 0 spiro atoms. The van der Waals surface area contributed by atoms with Gasteiger partial charge in [0.05, 0.1) is 9.95 Å². The van der Waals surface area contributed by atoms with E-state index in [-0.39, 0.29) is 16.5 Å². The van der Waals surface area contributed by atoms with E-state index in [0.29, 0.717) is 13.0 Å². The molecule has 0 amide bonds. The fourth-order valence-electron chi connectivity index (χ4n) is 2.40. The molecule has 1 aliphatic rings. The minimum Gasteiger partial charge on any atom is -0.480 e. The smallest absolute Gasteiger partial charge is 0.329 e. The number of aromatic nitrogens is 1. The number of piperidine rings is 1. The van der Waals surface area contributed by atoms with Crippen molar-refractivity contribution < 1.29 is 14.8 Å². The van der Waals surface area contributed by atoms with E-state index in [1.807, 2.05) is 0 Å². The summed E-state index contributed by atoms with van der Waals surface area (Å²) in [6.45, 7) is 2.13. The molecule has 0 aromatic carbocycles. The van der Waals surface area contributed by atoms with Crippen LogP contribution in [0.15, 0.2) is 12.3 Å². The molecule has 2 heterocycles. The van der Waals surface area contributed by atoms with Gasteiger partial charge in [0, 0.05) is 12.6 Å². The number of carbonyl (C=O) groups is 1. The standard InChI is InChI=1S/C12H14ClN3O4/c1-12(11(17)18)4-2-3-5-15(12)10-9(13)6-8(7-14-10)16(19)20/h6-7H,2-5H2,1H3,(H,17,18). The summed E-state index contributed by atoms with van der Waals surface area (Å²) in [6, 6.07) is 1.20. The predicted octanol–water partition coefficient (Wildman–Crippen LogP) is 2.48. The molecule has 1 saturated heterocycles. The van der Waals surface area contributed by atoms with Gasteiger partial charge in [0.1, 0.15) is 17.6 Å². The van der Waals surface area contributed by atoms with E-state index in [1.54, 1.807) is 11.8 Å². The third kappa shape index (κ3) is 2.40. The molecule has 108 valence electrons. The van der Waals surface area contributed by atoms with Crippen molar-refractivity contribution in [3.8, 4) is 0 Å². The Bertz CT molecular complexity index is 566. The van der Waals surface area contributed by atoms with Crippen molar-refractivity contribution in [2.45, 2.75) is 31.7 Å². The van der Waals surface area contributed by atoms with Crippen molar-refractivity contribution in [2.24, 2.45) is 0 Å². The van der Waals surface area contributed by atoms with Gasteiger partial charge in [0.25, 0.3) is 5.69 Å². The number of nitrogens with zero attached hydrogens (tertiary/aromatic N) is 3. The topological polar surface area (TPSA) is 96.6 Å². The molecule has 0 bridgehead atoms. The van der Waals surface area contributed by atoms with Crippen LogP contribution in [0, 0.1) is 10.1 Å². The fraction of sp³-hybridized carbons (Fsp3) is 0.500. The molecule has 7 nitrogen and oxygen atoms in total. The van der Waals surface area contributed by atoms with Crippen LogP contribution in [0.1, 0.15) is 26.2 Å². The van der Waals surface area contributed by atoms with Crippen molar-refractivity contribution in [3.05, 3.63) is 27.4 Å². The second kappa shape index (κ2) is 5.24. The van der Waals surface area contributed by atoms with Crippen molar-refractivity contribution in [2.75, 3.05) is 11.4 Å². The van der Waals surface area contributed by atoms with Crippen LogP contribution in [-0.2, 0) is 4.79 Å². The van der Waals surface area contributed by atoms with Crippen molar-refractivity contribution in [1.29, 1.82) is 0 Å². The summed E-state index contributed by atoms with van der Waals surface area (Å²) in [5, 5.41) is 20.2. The number of aliphatic carboxylic acids is 1. The number of nitro groups is 1. The Hall–Kier alpha value is -1.89. The maximum absolute atomic E-state index is 11.5. The highest BCUT2D eigenvalue weighted by Gasteiger charge is 2.42. The second-order valence-electron chi connectivity index (χ2n) is 4.94. The Morgan fingerprint density at radius 3 is 2.85 bits per heavy atom. The largest absolute Gasteiger partial charge is 0.480 e. The Morgan fingerprint density at radius 2 is 2.30 bits per heavy atom. The highest BCUT2D eigenvalue weighted by atomic mass is 35.5. The molecule has 2 rings (SSSR count). The summed E-state index contributed by atoms with van der Waals surface area (Å²) in [6.07, 6.45) is 3.22. The first-order chi connectivity index (χ1) is 9.36. The van der Waals surface area contributed by atoms with Crippen molar-refractivity contribution in [1.82, 2.24) is 4.98 Å². The molecule has 0 saturated carbocycles. The lowest BCUT2D eigenvalue weighted by Gasteiger charge is -2.42. The predicted molar refractivity (Wildman–Crippen MR) is 73.1 cm³/mol. The van der Waals surface area contributed by atoms with E-state index in [0.717, 1.165) is 19.0 Å². The van der Waals surface area contributed by atoms with E-state index < -0.39 is 16.4 Å². The molecule has 1 atom stereocenters. The molecule has 0 aliphatic carbocycles. The average molecular weight is 300 g/mol. The van der Waals surface area contributed by atoms with E-state index in [4.69, 9.17) is 11.6 Å². The molecular weight excluding hydrogens is 286 g/mol. The number of carboxylic acids is 1. The molecule has 20 heavy (non-hydrogen) atoms. The molecule has 0 radical (unpaired) electrons. The number of pyridine rings is 1. The third-order valence-electron chi connectivity index (χ3n) is 3.63. The Balaban J connectivity index is 2.43. The van der Waals surface area contributed by atoms with Gasteiger partial charge in [-0.1, -0.05) is 11.6 Å². The monoisotopic (exact) mass is 299 g/mol. The summed E-state index contributed by atoms with van der Waals surface area (Å²) >= 11 is 6.04. The van der Waals surface area contributed by atoms with E-state index >= 15 is 0 Å². The first kappa shape index (κ1) is 14.5.